The largest absolute Gasteiger partial charge is 0.493 e. The van der Waals surface area contributed by atoms with Crippen LogP contribution in [0.4, 0.5) is 16.0 Å². The highest BCUT2D eigenvalue weighted by Crippen LogP contribution is 2.56. The quantitative estimate of drug-likeness (QED) is 0.415. The van der Waals surface area contributed by atoms with Crippen LogP contribution in [0.1, 0.15) is 43.5 Å². The van der Waals surface area contributed by atoms with E-state index in [1.807, 2.05) is 13.8 Å². The van der Waals surface area contributed by atoms with Gasteiger partial charge in [-0.3, -0.25) is 4.79 Å². The van der Waals surface area contributed by atoms with Crippen LogP contribution < -0.4 is 20.1 Å². The van der Waals surface area contributed by atoms with Gasteiger partial charge < -0.3 is 15.4 Å². The molecule has 3 aliphatic rings. The summed E-state index contributed by atoms with van der Waals surface area (Å²) in [5, 5.41) is -0.349. The second-order valence-electron chi connectivity index (χ2n) is 11.4. The van der Waals surface area contributed by atoms with Crippen molar-refractivity contribution in [1.82, 2.24) is 14.7 Å². The summed E-state index contributed by atoms with van der Waals surface area (Å²) in [5.74, 6) is 1.57. The van der Waals surface area contributed by atoms with E-state index in [2.05, 4.69) is 14.6 Å². The highest BCUT2D eigenvalue weighted by Gasteiger charge is 2.57. The lowest BCUT2D eigenvalue weighted by Crippen LogP contribution is -2.59. The molecular weight excluding hydrogens is 533 g/mol. The third kappa shape index (κ3) is 4.87. The zero-order chi connectivity index (χ0) is 28.2. The second-order valence-corrected chi connectivity index (χ2v) is 13.1. The minimum Gasteiger partial charge on any atom is -0.493 e. The minimum atomic E-state index is -4.28. The number of carbonyl (C=O) groups excluding carboxylic acids is 1. The number of fused-ring (bicyclic) bond motifs is 5. The molecule has 3 heterocycles. The van der Waals surface area contributed by atoms with Gasteiger partial charge in [0.05, 0.1) is 17.9 Å². The Balaban J connectivity index is 1.36. The van der Waals surface area contributed by atoms with Crippen molar-refractivity contribution in [3.8, 4) is 17.0 Å². The van der Waals surface area contributed by atoms with Gasteiger partial charge in [-0.25, -0.2) is 19.1 Å². The van der Waals surface area contributed by atoms with Crippen molar-refractivity contribution in [2.45, 2.75) is 44.2 Å². The fourth-order valence-electron chi connectivity index (χ4n) is 6.43. The molecule has 3 N–H and O–H groups in total. The standard InChI is InChI=1S/C29H32FN5O4S/c1-16(2)15-39-21-12-19(11-20(30)13-21)24-9-8-22(29(36)34-40(37,38)26-5-3-4-25(31)33-26)28(32-24)35-14-23-17-6-7-18(10-17)27(23)35/h3-5,8-9,11-13,16-18,23,27H,6-7,10,14-15H2,1-2H3,(H2,31,33)(H,34,36). The van der Waals surface area contributed by atoms with E-state index in [-0.39, 0.29) is 28.4 Å². The molecule has 2 aromatic heterocycles. The van der Waals surface area contributed by atoms with Crippen molar-refractivity contribution in [3.05, 3.63) is 59.9 Å². The first-order valence-electron chi connectivity index (χ1n) is 13.6. The van der Waals surface area contributed by atoms with E-state index in [1.165, 1.54) is 43.2 Å². The van der Waals surface area contributed by atoms with E-state index in [1.54, 1.807) is 18.2 Å². The number of hydrogen-bond acceptors (Lipinski definition) is 8. The van der Waals surface area contributed by atoms with Gasteiger partial charge >= 0.3 is 0 Å². The van der Waals surface area contributed by atoms with E-state index >= 15 is 0 Å². The van der Waals surface area contributed by atoms with E-state index in [0.29, 0.717) is 47.2 Å². The molecule has 1 saturated heterocycles. The summed E-state index contributed by atoms with van der Waals surface area (Å²) in [6, 6.07) is 12.0. The number of nitrogens with one attached hydrogen (secondary N) is 1. The normalized spacial score (nSPS) is 23.1. The predicted molar refractivity (Wildman–Crippen MR) is 149 cm³/mol. The van der Waals surface area contributed by atoms with Crippen LogP contribution in [0.2, 0.25) is 0 Å². The Morgan fingerprint density at radius 2 is 1.95 bits per heavy atom. The van der Waals surface area contributed by atoms with Crippen LogP contribution in [-0.4, -0.2) is 43.5 Å². The third-order valence-corrected chi connectivity index (χ3v) is 9.43. The fraction of sp³-hybridized carbons (Fsp3) is 0.414. The van der Waals surface area contributed by atoms with Crippen molar-refractivity contribution >= 4 is 27.6 Å². The Labute approximate surface area is 233 Å². The third-order valence-electron chi connectivity index (χ3n) is 8.20. The molecule has 11 heteroatoms. The van der Waals surface area contributed by atoms with Gasteiger partial charge in [-0.1, -0.05) is 19.9 Å². The molecule has 4 atom stereocenters. The fourth-order valence-corrected chi connectivity index (χ4v) is 7.38. The number of ether oxygens (including phenoxy) is 1. The molecule has 3 aromatic rings. The molecule has 9 nitrogen and oxygen atoms in total. The molecule has 1 aliphatic heterocycles. The van der Waals surface area contributed by atoms with Gasteiger partial charge in [-0.05, 0) is 79.3 Å². The molecule has 1 amide bonds. The number of amides is 1. The summed E-state index contributed by atoms with van der Waals surface area (Å²) < 4.78 is 48.4. The van der Waals surface area contributed by atoms with E-state index < -0.39 is 21.7 Å². The lowest BCUT2D eigenvalue weighted by Gasteiger charge is -2.51. The number of hydrogen-bond donors (Lipinski definition) is 2. The zero-order valence-electron chi connectivity index (χ0n) is 22.4. The molecule has 40 heavy (non-hydrogen) atoms. The van der Waals surface area contributed by atoms with Gasteiger partial charge in [-0.15, -0.1) is 0 Å². The van der Waals surface area contributed by atoms with Crippen LogP contribution in [0.15, 0.2) is 53.6 Å². The average molecular weight is 566 g/mol. The van der Waals surface area contributed by atoms with Crippen LogP contribution in [0.3, 0.4) is 0 Å². The summed E-state index contributed by atoms with van der Waals surface area (Å²) in [4.78, 5) is 24.2. The monoisotopic (exact) mass is 565 g/mol. The Kier molecular flexibility index (Phi) is 6.64. The maximum atomic E-state index is 14.6. The molecule has 4 unspecified atom stereocenters. The van der Waals surface area contributed by atoms with Crippen molar-refractivity contribution in [3.63, 3.8) is 0 Å². The van der Waals surface area contributed by atoms with Crippen LogP contribution in [0, 0.1) is 29.5 Å². The second kappa shape index (κ2) is 10.0. The van der Waals surface area contributed by atoms with Crippen LogP contribution in [0.5, 0.6) is 5.75 Å². The first-order chi connectivity index (χ1) is 19.1. The summed E-state index contributed by atoms with van der Waals surface area (Å²) in [6.45, 7) is 5.21. The topological polar surface area (TPSA) is 128 Å². The number of sulfonamides is 1. The number of nitrogens with two attached hydrogens (primary N) is 1. The average Bonchev–Trinajstić information content (AvgIpc) is 3.44. The number of benzene rings is 1. The molecule has 0 radical (unpaired) electrons. The van der Waals surface area contributed by atoms with Crippen LogP contribution in [0.25, 0.3) is 11.3 Å². The number of pyridine rings is 2. The van der Waals surface area contributed by atoms with Crippen molar-refractivity contribution in [1.29, 1.82) is 0 Å². The number of rotatable bonds is 8. The maximum absolute atomic E-state index is 14.6. The molecule has 2 bridgehead atoms. The lowest BCUT2D eigenvalue weighted by atomic mass is 9.76. The summed E-state index contributed by atoms with van der Waals surface area (Å²) in [6.07, 6.45) is 3.54. The number of halogens is 1. The van der Waals surface area contributed by atoms with Crippen LogP contribution in [-0.2, 0) is 10.0 Å². The molecule has 2 aliphatic carbocycles. The van der Waals surface area contributed by atoms with Gasteiger partial charge in [0.15, 0.2) is 5.03 Å². The Morgan fingerprint density at radius 1 is 1.15 bits per heavy atom. The number of carbonyl (C=O) groups is 1. The minimum absolute atomic E-state index is 0.0248. The molecule has 6 rings (SSSR count). The first kappa shape index (κ1) is 26.5. The molecule has 210 valence electrons. The van der Waals surface area contributed by atoms with Gasteiger partial charge in [0.2, 0.25) is 0 Å². The van der Waals surface area contributed by atoms with E-state index in [9.17, 15) is 17.6 Å². The van der Waals surface area contributed by atoms with Gasteiger partial charge in [0.25, 0.3) is 15.9 Å². The number of aromatic nitrogens is 2. The molecular formula is C29H32FN5O4S. The number of nitrogens with zero attached hydrogens (tertiary/aromatic N) is 3. The molecule has 0 spiro atoms. The first-order valence-corrected chi connectivity index (χ1v) is 15.1. The molecule has 2 saturated carbocycles. The van der Waals surface area contributed by atoms with Crippen molar-refractivity contribution in [2.24, 2.45) is 23.7 Å². The smallest absolute Gasteiger partial charge is 0.281 e. The van der Waals surface area contributed by atoms with E-state index in [0.717, 1.165) is 13.0 Å². The van der Waals surface area contributed by atoms with Crippen molar-refractivity contribution in [2.75, 3.05) is 23.8 Å². The predicted octanol–water partition coefficient (Wildman–Crippen LogP) is 4.25. The van der Waals surface area contributed by atoms with Gasteiger partial charge in [0.1, 0.15) is 23.2 Å². The van der Waals surface area contributed by atoms with Crippen molar-refractivity contribution < 1.29 is 22.3 Å². The molecule has 1 aromatic carbocycles. The van der Waals surface area contributed by atoms with Crippen LogP contribution >= 0.6 is 0 Å². The lowest BCUT2D eigenvalue weighted by molar-refractivity contribution is 0.0980. The Morgan fingerprint density at radius 3 is 2.70 bits per heavy atom. The number of nitrogen functional groups attached to an aromatic ring is 1. The van der Waals surface area contributed by atoms with Gasteiger partial charge in [-0.2, -0.15) is 8.42 Å². The number of anilines is 2. The zero-order valence-corrected chi connectivity index (χ0v) is 23.2. The Bertz CT molecular complexity index is 1580. The highest BCUT2D eigenvalue weighted by atomic mass is 32.2. The summed E-state index contributed by atoms with van der Waals surface area (Å²) in [7, 11) is -4.28. The SMILES string of the molecule is CC(C)COc1cc(F)cc(-c2ccc(C(=O)NS(=O)(=O)c3cccc(N)n3)c(N3CC4C5CCC(C5)C43)n2)c1. The summed E-state index contributed by atoms with van der Waals surface area (Å²) in [5.41, 5.74) is 6.75. The maximum Gasteiger partial charge on any atom is 0.281 e. The Hall–Kier alpha value is -3.73. The van der Waals surface area contributed by atoms with E-state index in [4.69, 9.17) is 15.5 Å². The summed E-state index contributed by atoms with van der Waals surface area (Å²) >= 11 is 0. The van der Waals surface area contributed by atoms with Gasteiger partial charge in [0, 0.05) is 24.2 Å². The molecule has 3 fully saturated rings. The highest BCUT2D eigenvalue weighted by molar-refractivity contribution is 7.90.